The maximum absolute atomic E-state index is 12.4. The fourth-order valence-electron chi connectivity index (χ4n) is 2.48. The van der Waals surface area contributed by atoms with Gasteiger partial charge in [0.05, 0.1) is 6.10 Å². The SMILES string of the molecule is Cc1cc(C)cc(CC(O)c2ccccc2OC(F)F)c1. The average molecular weight is 292 g/mol. The van der Waals surface area contributed by atoms with E-state index in [0.717, 1.165) is 16.7 Å². The first-order valence-corrected chi connectivity index (χ1v) is 6.74. The highest BCUT2D eigenvalue weighted by Crippen LogP contribution is 2.29. The van der Waals surface area contributed by atoms with E-state index in [1.54, 1.807) is 18.2 Å². The van der Waals surface area contributed by atoms with Gasteiger partial charge in [0.1, 0.15) is 5.75 Å². The van der Waals surface area contributed by atoms with Crippen molar-refractivity contribution in [2.24, 2.45) is 0 Å². The van der Waals surface area contributed by atoms with Crippen molar-refractivity contribution < 1.29 is 18.6 Å². The van der Waals surface area contributed by atoms with Gasteiger partial charge >= 0.3 is 6.61 Å². The number of ether oxygens (including phenoxy) is 1. The van der Waals surface area contributed by atoms with Crippen molar-refractivity contribution >= 4 is 0 Å². The highest BCUT2D eigenvalue weighted by molar-refractivity contribution is 5.37. The van der Waals surface area contributed by atoms with E-state index in [-0.39, 0.29) is 5.75 Å². The zero-order valence-corrected chi connectivity index (χ0v) is 12.0. The smallest absolute Gasteiger partial charge is 0.387 e. The summed E-state index contributed by atoms with van der Waals surface area (Å²) in [6.07, 6.45) is -0.535. The Balaban J connectivity index is 2.22. The molecule has 0 spiro atoms. The number of halogens is 2. The first-order valence-electron chi connectivity index (χ1n) is 6.74. The van der Waals surface area contributed by atoms with Crippen molar-refractivity contribution in [1.29, 1.82) is 0 Å². The third-order valence-electron chi connectivity index (χ3n) is 3.20. The molecule has 0 aliphatic rings. The normalized spacial score (nSPS) is 12.5. The molecule has 0 bridgehead atoms. The second-order valence-corrected chi connectivity index (χ2v) is 5.13. The van der Waals surface area contributed by atoms with E-state index in [1.165, 1.54) is 6.07 Å². The number of hydrogen-bond donors (Lipinski definition) is 1. The molecule has 2 aromatic rings. The molecule has 2 nitrogen and oxygen atoms in total. The first-order chi connectivity index (χ1) is 9.95. The molecule has 0 amide bonds. The van der Waals surface area contributed by atoms with Gasteiger partial charge in [-0.25, -0.2) is 0 Å². The molecular weight excluding hydrogens is 274 g/mol. The summed E-state index contributed by atoms with van der Waals surface area (Å²) in [5, 5.41) is 10.3. The number of benzene rings is 2. The van der Waals surface area contributed by atoms with Gasteiger partial charge in [0.2, 0.25) is 0 Å². The molecule has 1 atom stereocenters. The number of aryl methyl sites for hydroxylation is 2. The summed E-state index contributed by atoms with van der Waals surface area (Å²) < 4.78 is 29.2. The molecule has 0 heterocycles. The van der Waals surface area contributed by atoms with Crippen LogP contribution in [0.15, 0.2) is 42.5 Å². The minimum Gasteiger partial charge on any atom is -0.434 e. The van der Waals surface area contributed by atoms with Gasteiger partial charge in [-0.2, -0.15) is 8.78 Å². The second kappa shape index (κ2) is 6.68. The summed E-state index contributed by atoms with van der Waals surface area (Å²) in [6, 6.07) is 12.3. The van der Waals surface area contributed by atoms with Crippen LogP contribution < -0.4 is 4.74 Å². The molecule has 112 valence electrons. The molecule has 2 rings (SSSR count). The molecule has 0 aliphatic heterocycles. The molecule has 0 saturated heterocycles. The van der Waals surface area contributed by atoms with E-state index in [4.69, 9.17) is 0 Å². The quantitative estimate of drug-likeness (QED) is 0.895. The Morgan fingerprint density at radius 3 is 2.29 bits per heavy atom. The molecule has 1 unspecified atom stereocenters. The summed E-state index contributed by atoms with van der Waals surface area (Å²) in [6.45, 7) is 1.06. The van der Waals surface area contributed by atoms with Crippen molar-refractivity contribution in [2.45, 2.75) is 33.0 Å². The summed E-state index contributed by atoms with van der Waals surface area (Å²) in [5.74, 6) is 0.0179. The van der Waals surface area contributed by atoms with Gasteiger partial charge < -0.3 is 9.84 Å². The van der Waals surface area contributed by atoms with Gasteiger partial charge in [0.15, 0.2) is 0 Å². The second-order valence-electron chi connectivity index (χ2n) is 5.13. The molecule has 0 fully saturated rings. The number of aliphatic hydroxyl groups excluding tert-OH is 1. The zero-order valence-electron chi connectivity index (χ0n) is 12.0. The highest BCUT2D eigenvalue weighted by atomic mass is 19.3. The third kappa shape index (κ3) is 4.26. The van der Waals surface area contributed by atoms with Crippen LogP contribution in [0, 0.1) is 13.8 Å². The topological polar surface area (TPSA) is 29.5 Å². The molecule has 0 aromatic heterocycles. The van der Waals surface area contributed by atoms with Gasteiger partial charge in [0.25, 0.3) is 0 Å². The lowest BCUT2D eigenvalue weighted by molar-refractivity contribution is -0.0515. The maximum Gasteiger partial charge on any atom is 0.387 e. The van der Waals surface area contributed by atoms with E-state index in [1.807, 2.05) is 32.0 Å². The van der Waals surface area contributed by atoms with E-state index in [0.29, 0.717) is 12.0 Å². The Hall–Kier alpha value is -1.94. The van der Waals surface area contributed by atoms with Crippen molar-refractivity contribution in [2.75, 3.05) is 0 Å². The Morgan fingerprint density at radius 1 is 1.05 bits per heavy atom. The number of hydrogen-bond acceptors (Lipinski definition) is 2. The van der Waals surface area contributed by atoms with Crippen molar-refractivity contribution in [3.05, 3.63) is 64.7 Å². The molecule has 1 N–H and O–H groups in total. The van der Waals surface area contributed by atoms with Crippen LogP contribution in [0.1, 0.15) is 28.4 Å². The largest absolute Gasteiger partial charge is 0.434 e. The zero-order chi connectivity index (χ0) is 15.4. The lowest BCUT2D eigenvalue weighted by Crippen LogP contribution is -2.08. The average Bonchev–Trinajstić information content (AvgIpc) is 2.37. The molecular formula is C17H18F2O2. The maximum atomic E-state index is 12.4. The summed E-state index contributed by atoms with van der Waals surface area (Å²) in [7, 11) is 0. The Bertz CT molecular complexity index is 591. The summed E-state index contributed by atoms with van der Waals surface area (Å²) in [4.78, 5) is 0. The lowest BCUT2D eigenvalue weighted by Gasteiger charge is -2.16. The standard InChI is InChI=1S/C17H18F2O2/c1-11-7-12(2)9-13(8-11)10-15(20)14-5-3-4-6-16(14)21-17(18)19/h3-9,15,17,20H,10H2,1-2H3. The van der Waals surface area contributed by atoms with Crippen molar-refractivity contribution in [1.82, 2.24) is 0 Å². The Morgan fingerprint density at radius 2 is 1.67 bits per heavy atom. The van der Waals surface area contributed by atoms with E-state index >= 15 is 0 Å². The molecule has 4 heteroatoms. The van der Waals surface area contributed by atoms with Gasteiger partial charge in [-0.15, -0.1) is 0 Å². The van der Waals surface area contributed by atoms with Gasteiger partial charge in [-0.1, -0.05) is 47.5 Å². The van der Waals surface area contributed by atoms with Crippen molar-refractivity contribution in [3.63, 3.8) is 0 Å². The number of rotatable bonds is 5. The number of alkyl halides is 2. The lowest BCUT2D eigenvalue weighted by atomic mass is 9.98. The third-order valence-corrected chi connectivity index (χ3v) is 3.20. The number of aliphatic hydroxyl groups is 1. The highest BCUT2D eigenvalue weighted by Gasteiger charge is 2.16. The molecule has 0 radical (unpaired) electrons. The molecule has 0 saturated carbocycles. The van der Waals surface area contributed by atoms with Crippen molar-refractivity contribution in [3.8, 4) is 5.75 Å². The minimum absolute atomic E-state index is 0.0179. The predicted molar refractivity (Wildman–Crippen MR) is 77.7 cm³/mol. The predicted octanol–water partition coefficient (Wildman–Crippen LogP) is 4.18. The molecule has 0 aliphatic carbocycles. The van der Waals surface area contributed by atoms with E-state index in [9.17, 15) is 13.9 Å². The van der Waals surface area contributed by atoms with Gasteiger partial charge in [-0.3, -0.25) is 0 Å². The summed E-state index contributed by atoms with van der Waals surface area (Å²) in [5.41, 5.74) is 3.55. The monoisotopic (exact) mass is 292 g/mol. The Labute approximate surface area is 123 Å². The van der Waals surface area contributed by atoms with Crippen LogP contribution in [0.2, 0.25) is 0 Å². The van der Waals surface area contributed by atoms with E-state index in [2.05, 4.69) is 4.74 Å². The molecule has 21 heavy (non-hydrogen) atoms. The van der Waals surface area contributed by atoms with Crippen LogP contribution in [0.4, 0.5) is 8.78 Å². The molecule has 2 aromatic carbocycles. The van der Waals surface area contributed by atoms with Gasteiger partial charge in [-0.05, 0) is 25.5 Å². The van der Waals surface area contributed by atoms with Crippen LogP contribution in [-0.2, 0) is 6.42 Å². The van der Waals surface area contributed by atoms with E-state index < -0.39 is 12.7 Å². The van der Waals surface area contributed by atoms with Crippen LogP contribution in [0.3, 0.4) is 0 Å². The van der Waals surface area contributed by atoms with Crippen LogP contribution >= 0.6 is 0 Å². The fraction of sp³-hybridized carbons (Fsp3) is 0.294. The number of para-hydroxylation sites is 1. The Kier molecular flexibility index (Phi) is 4.91. The van der Waals surface area contributed by atoms with Crippen LogP contribution in [-0.4, -0.2) is 11.7 Å². The van der Waals surface area contributed by atoms with Crippen LogP contribution in [0.25, 0.3) is 0 Å². The van der Waals surface area contributed by atoms with Gasteiger partial charge in [0, 0.05) is 12.0 Å². The van der Waals surface area contributed by atoms with Crippen LogP contribution in [0.5, 0.6) is 5.75 Å². The first kappa shape index (κ1) is 15.4. The summed E-state index contributed by atoms with van der Waals surface area (Å²) >= 11 is 0. The fourth-order valence-corrected chi connectivity index (χ4v) is 2.48. The minimum atomic E-state index is -2.90.